The number of hydrogen-bond acceptors (Lipinski definition) is 3. The summed E-state index contributed by atoms with van der Waals surface area (Å²) in [5, 5.41) is 1.32. The van der Waals surface area contributed by atoms with Crippen molar-refractivity contribution in [2.45, 2.75) is 44.6 Å². The van der Waals surface area contributed by atoms with Crippen LogP contribution < -0.4 is 5.73 Å². The Bertz CT molecular complexity index is 264. The molecule has 2 N–H and O–H groups in total. The predicted molar refractivity (Wildman–Crippen MR) is 55.8 cm³/mol. The summed E-state index contributed by atoms with van der Waals surface area (Å²) >= 11 is 1.80. The van der Waals surface area contributed by atoms with Gasteiger partial charge in [-0.05, 0) is 12.8 Å². The minimum Gasteiger partial charge on any atom is -0.326 e. The van der Waals surface area contributed by atoms with Gasteiger partial charge in [-0.25, -0.2) is 4.98 Å². The van der Waals surface area contributed by atoms with Crippen molar-refractivity contribution in [1.82, 2.24) is 4.98 Å². The molecule has 1 aromatic rings. The van der Waals surface area contributed by atoms with Crippen molar-refractivity contribution in [2.24, 2.45) is 5.73 Å². The fraction of sp³-hybridized carbons (Fsp3) is 0.700. The Labute approximate surface area is 83.2 Å². The molecule has 1 aliphatic carbocycles. The summed E-state index contributed by atoms with van der Waals surface area (Å²) in [7, 11) is 0. The van der Waals surface area contributed by atoms with Crippen LogP contribution in [-0.4, -0.2) is 4.98 Å². The molecule has 1 aromatic heterocycles. The van der Waals surface area contributed by atoms with E-state index >= 15 is 0 Å². The Morgan fingerprint density at radius 1 is 1.38 bits per heavy atom. The number of nitrogens with zero attached hydrogens (tertiary/aromatic N) is 1. The van der Waals surface area contributed by atoms with Crippen LogP contribution in [-0.2, 0) is 6.54 Å². The lowest BCUT2D eigenvalue weighted by Gasteiger charge is -2.18. The fourth-order valence-corrected chi connectivity index (χ4v) is 2.92. The molecule has 3 heteroatoms. The van der Waals surface area contributed by atoms with Gasteiger partial charge < -0.3 is 5.73 Å². The fourth-order valence-electron chi connectivity index (χ4n) is 1.96. The zero-order chi connectivity index (χ0) is 9.10. The molecule has 1 heterocycles. The summed E-state index contributed by atoms with van der Waals surface area (Å²) in [4.78, 5) is 5.67. The third-order valence-electron chi connectivity index (χ3n) is 2.73. The highest BCUT2D eigenvalue weighted by Gasteiger charge is 2.18. The Morgan fingerprint density at radius 3 is 2.77 bits per heavy atom. The molecule has 0 spiro atoms. The van der Waals surface area contributed by atoms with E-state index in [2.05, 4.69) is 4.98 Å². The van der Waals surface area contributed by atoms with Crippen LogP contribution in [0.3, 0.4) is 0 Å². The van der Waals surface area contributed by atoms with Gasteiger partial charge in [0, 0.05) is 23.5 Å². The van der Waals surface area contributed by atoms with E-state index in [1.54, 1.807) is 11.3 Å². The lowest BCUT2D eigenvalue weighted by molar-refractivity contribution is 0.442. The minimum atomic E-state index is 0.643. The number of hydrogen-bond donors (Lipinski definition) is 1. The average Bonchev–Trinajstić information content (AvgIpc) is 2.67. The number of aromatic nitrogens is 1. The molecule has 0 aliphatic heterocycles. The van der Waals surface area contributed by atoms with E-state index in [0.717, 1.165) is 5.92 Å². The second kappa shape index (κ2) is 4.20. The average molecular weight is 196 g/mol. The van der Waals surface area contributed by atoms with E-state index in [1.807, 2.05) is 6.20 Å². The maximum Gasteiger partial charge on any atom is 0.0959 e. The van der Waals surface area contributed by atoms with Gasteiger partial charge in [0.1, 0.15) is 0 Å². The molecule has 0 atom stereocenters. The van der Waals surface area contributed by atoms with E-state index in [-0.39, 0.29) is 0 Å². The summed E-state index contributed by atoms with van der Waals surface area (Å²) in [5.41, 5.74) is 5.56. The second-order valence-electron chi connectivity index (χ2n) is 3.70. The van der Waals surface area contributed by atoms with Gasteiger partial charge in [0.25, 0.3) is 0 Å². The molecule has 0 aromatic carbocycles. The van der Waals surface area contributed by atoms with E-state index in [9.17, 15) is 0 Å². The van der Waals surface area contributed by atoms with Gasteiger partial charge in [-0.2, -0.15) is 0 Å². The van der Waals surface area contributed by atoms with Crippen molar-refractivity contribution >= 4 is 11.3 Å². The van der Waals surface area contributed by atoms with Crippen LogP contribution in [0.25, 0.3) is 0 Å². The first-order valence-electron chi connectivity index (χ1n) is 5.05. The topological polar surface area (TPSA) is 38.9 Å². The van der Waals surface area contributed by atoms with Crippen molar-refractivity contribution in [3.63, 3.8) is 0 Å². The van der Waals surface area contributed by atoms with E-state index < -0.39 is 0 Å². The van der Waals surface area contributed by atoms with Crippen LogP contribution in [0.4, 0.5) is 0 Å². The highest BCUT2D eigenvalue weighted by atomic mass is 32.1. The lowest BCUT2D eigenvalue weighted by atomic mass is 9.90. The van der Waals surface area contributed by atoms with Crippen LogP contribution in [0.5, 0.6) is 0 Å². The smallest absolute Gasteiger partial charge is 0.0959 e. The summed E-state index contributed by atoms with van der Waals surface area (Å²) in [5.74, 6) is 0.735. The van der Waals surface area contributed by atoms with E-state index in [0.29, 0.717) is 6.54 Å². The summed E-state index contributed by atoms with van der Waals surface area (Å²) in [6, 6.07) is 0. The molecule has 0 amide bonds. The van der Waals surface area contributed by atoms with Crippen LogP contribution in [0.1, 0.15) is 47.9 Å². The van der Waals surface area contributed by atoms with Crippen LogP contribution in [0, 0.1) is 0 Å². The minimum absolute atomic E-state index is 0.643. The predicted octanol–water partition coefficient (Wildman–Crippen LogP) is 2.65. The third-order valence-corrected chi connectivity index (χ3v) is 3.91. The standard InChI is InChI=1S/C10H16N2S/c11-6-9-7-12-10(13-9)8-4-2-1-3-5-8/h7-8H,1-6,11H2. The molecule has 0 bridgehead atoms. The molecule has 1 saturated carbocycles. The van der Waals surface area contributed by atoms with Gasteiger partial charge in [-0.15, -0.1) is 11.3 Å². The molecular weight excluding hydrogens is 180 g/mol. The highest BCUT2D eigenvalue weighted by Crippen LogP contribution is 2.34. The molecule has 0 unspecified atom stereocenters. The molecule has 0 radical (unpaired) electrons. The molecule has 1 aliphatic rings. The van der Waals surface area contributed by atoms with Gasteiger partial charge in [-0.3, -0.25) is 0 Å². The third kappa shape index (κ3) is 2.09. The number of thiazole rings is 1. The normalized spacial score (nSPS) is 19.2. The molecular formula is C10H16N2S. The van der Waals surface area contributed by atoms with Gasteiger partial charge >= 0.3 is 0 Å². The molecule has 13 heavy (non-hydrogen) atoms. The highest BCUT2D eigenvalue weighted by molar-refractivity contribution is 7.11. The lowest BCUT2D eigenvalue weighted by Crippen LogP contribution is -2.03. The van der Waals surface area contributed by atoms with Gasteiger partial charge in [-0.1, -0.05) is 19.3 Å². The SMILES string of the molecule is NCc1cnc(C2CCCCC2)s1. The van der Waals surface area contributed by atoms with Crippen LogP contribution in [0.2, 0.25) is 0 Å². The molecule has 2 rings (SSSR count). The van der Waals surface area contributed by atoms with Crippen molar-refractivity contribution in [1.29, 1.82) is 0 Å². The Morgan fingerprint density at radius 2 is 2.15 bits per heavy atom. The number of nitrogens with two attached hydrogens (primary N) is 1. The largest absolute Gasteiger partial charge is 0.326 e. The van der Waals surface area contributed by atoms with E-state index in [1.165, 1.54) is 42.0 Å². The van der Waals surface area contributed by atoms with Gasteiger partial charge in [0.15, 0.2) is 0 Å². The van der Waals surface area contributed by atoms with Gasteiger partial charge in [0.2, 0.25) is 0 Å². The van der Waals surface area contributed by atoms with Crippen molar-refractivity contribution in [3.8, 4) is 0 Å². The quantitative estimate of drug-likeness (QED) is 0.789. The van der Waals surface area contributed by atoms with Crippen molar-refractivity contribution in [2.75, 3.05) is 0 Å². The molecule has 1 fully saturated rings. The Balaban J connectivity index is 2.05. The first-order chi connectivity index (χ1) is 6.40. The van der Waals surface area contributed by atoms with Crippen molar-refractivity contribution < 1.29 is 0 Å². The monoisotopic (exact) mass is 196 g/mol. The zero-order valence-electron chi connectivity index (χ0n) is 7.83. The Kier molecular flexibility index (Phi) is 2.96. The zero-order valence-corrected chi connectivity index (χ0v) is 8.65. The van der Waals surface area contributed by atoms with Crippen LogP contribution >= 0.6 is 11.3 Å². The molecule has 72 valence electrons. The Hall–Kier alpha value is -0.410. The summed E-state index contributed by atoms with van der Waals surface area (Å²) < 4.78 is 0. The second-order valence-corrected chi connectivity index (χ2v) is 4.85. The summed E-state index contributed by atoms with van der Waals surface area (Å²) in [6.45, 7) is 0.643. The maximum atomic E-state index is 5.56. The van der Waals surface area contributed by atoms with Crippen LogP contribution in [0.15, 0.2) is 6.20 Å². The first-order valence-corrected chi connectivity index (χ1v) is 5.86. The first kappa shape index (κ1) is 9.16. The van der Waals surface area contributed by atoms with E-state index in [4.69, 9.17) is 5.73 Å². The number of rotatable bonds is 2. The molecule has 0 saturated heterocycles. The maximum absolute atomic E-state index is 5.56. The summed E-state index contributed by atoms with van der Waals surface area (Å²) in [6.07, 6.45) is 8.76. The molecule has 2 nitrogen and oxygen atoms in total. The van der Waals surface area contributed by atoms with Crippen molar-refractivity contribution in [3.05, 3.63) is 16.1 Å². The van der Waals surface area contributed by atoms with Gasteiger partial charge in [0.05, 0.1) is 5.01 Å².